The van der Waals surface area contributed by atoms with Crippen LogP contribution in [0.25, 0.3) is 18.2 Å². The van der Waals surface area contributed by atoms with Crippen LogP contribution < -0.4 is 14.2 Å². The Bertz CT molecular complexity index is 3270. The van der Waals surface area contributed by atoms with Gasteiger partial charge in [0.05, 0.1) is 37.0 Å². The maximum Gasteiger partial charge on any atom is 0.119 e. The molecule has 0 spiro atoms. The summed E-state index contributed by atoms with van der Waals surface area (Å²) in [6.07, 6.45) is 35.4. The lowest BCUT2D eigenvalue weighted by Crippen LogP contribution is -2.16. The molecule has 6 aliphatic rings. The molecule has 6 aromatic rings. The van der Waals surface area contributed by atoms with Crippen LogP contribution in [-0.4, -0.2) is 56.6 Å². The van der Waals surface area contributed by atoms with E-state index in [1.165, 1.54) is 130 Å². The van der Waals surface area contributed by atoms with Crippen molar-refractivity contribution in [2.45, 2.75) is 116 Å². The van der Waals surface area contributed by atoms with E-state index in [-0.39, 0.29) is 0 Å². The van der Waals surface area contributed by atoms with Gasteiger partial charge < -0.3 is 14.2 Å². The van der Waals surface area contributed by atoms with Crippen molar-refractivity contribution in [3.63, 3.8) is 0 Å². The summed E-state index contributed by atoms with van der Waals surface area (Å²) >= 11 is 24.5. The summed E-state index contributed by atoms with van der Waals surface area (Å²) in [5, 5.41) is 2.81. The van der Waals surface area contributed by atoms with Crippen molar-refractivity contribution < 1.29 is 14.2 Å². The van der Waals surface area contributed by atoms with Gasteiger partial charge in [0, 0.05) is 56.4 Å². The maximum atomic E-state index is 6.27. The number of rotatable bonds is 15. The van der Waals surface area contributed by atoms with Crippen LogP contribution in [0.4, 0.5) is 0 Å². The van der Waals surface area contributed by atoms with Crippen molar-refractivity contribution in [2.24, 2.45) is 32.7 Å². The highest BCUT2D eigenvalue weighted by atomic mass is 35.5. The Morgan fingerprint density at radius 2 is 0.756 bits per heavy atom. The molecule has 3 aliphatic heterocycles. The first kappa shape index (κ1) is 59.3. The second-order valence-electron chi connectivity index (χ2n) is 22.7. The van der Waals surface area contributed by atoms with E-state index in [4.69, 9.17) is 75.6 Å². The van der Waals surface area contributed by atoms with Crippen molar-refractivity contribution in [2.75, 3.05) is 39.5 Å². The Labute approximate surface area is 507 Å². The molecule has 6 aromatic carbocycles. The summed E-state index contributed by atoms with van der Waals surface area (Å²) in [6.45, 7) is 5.00. The Kier molecular flexibility index (Phi) is 22.1. The minimum absolute atomic E-state index is 0.642. The zero-order valence-corrected chi connectivity index (χ0v) is 50.3. The van der Waals surface area contributed by atoms with Crippen LogP contribution in [0.2, 0.25) is 20.1 Å². The van der Waals surface area contributed by atoms with Gasteiger partial charge in [0.2, 0.25) is 0 Å². The molecule has 12 rings (SSSR count). The van der Waals surface area contributed by atoms with E-state index in [9.17, 15) is 0 Å². The molecule has 0 amide bonds. The first-order chi connectivity index (χ1) is 40.3. The number of hydrogen-bond donors (Lipinski definition) is 0. The summed E-state index contributed by atoms with van der Waals surface area (Å²) in [7, 11) is 0. The lowest BCUT2D eigenvalue weighted by atomic mass is 9.90. The van der Waals surface area contributed by atoms with Crippen molar-refractivity contribution in [3.05, 3.63) is 210 Å². The third kappa shape index (κ3) is 17.3. The third-order valence-electron chi connectivity index (χ3n) is 16.7. The third-order valence-corrected chi connectivity index (χ3v) is 17.9. The summed E-state index contributed by atoms with van der Waals surface area (Å²) in [5.74, 6) is 5.15. The van der Waals surface area contributed by atoms with Gasteiger partial charge in [-0.05, 0) is 212 Å². The molecular formula is C72H77Cl4N3O3. The molecule has 0 N–H and O–H groups in total. The fourth-order valence-corrected chi connectivity index (χ4v) is 12.8. The van der Waals surface area contributed by atoms with E-state index in [0.717, 1.165) is 132 Å². The van der Waals surface area contributed by atoms with Crippen LogP contribution in [0.3, 0.4) is 0 Å². The fourth-order valence-electron chi connectivity index (χ4n) is 12.0. The van der Waals surface area contributed by atoms with Crippen molar-refractivity contribution >= 4 is 81.8 Å². The van der Waals surface area contributed by atoms with E-state index < -0.39 is 0 Å². The fraction of sp³-hybridized carbons (Fsp3) is 0.375. The molecule has 82 heavy (non-hydrogen) atoms. The second-order valence-corrected chi connectivity index (χ2v) is 24.4. The Morgan fingerprint density at radius 3 is 1.17 bits per heavy atom. The van der Waals surface area contributed by atoms with E-state index in [1.807, 2.05) is 78.9 Å². The highest BCUT2D eigenvalue weighted by Gasteiger charge is 2.20. The number of aliphatic imine (C=N–C) groups is 3. The quantitative estimate of drug-likeness (QED) is 0.103. The molecular weight excluding hydrogens is 1100 g/mol. The zero-order chi connectivity index (χ0) is 56.3. The van der Waals surface area contributed by atoms with Gasteiger partial charge >= 0.3 is 0 Å². The number of hydrogen-bond acceptors (Lipinski definition) is 6. The molecule has 3 heterocycles. The van der Waals surface area contributed by atoms with Crippen molar-refractivity contribution in [3.8, 4) is 17.2 Å². The highest BCUT2D eigenvalue weighted by molar-refractivity contribution is 6.35. The molecule has 426 valence electrons. The number of ether oxygens (including phenoxy) is 3. The van der Waals surface area contributed by atoms with Gasteiger partial charge in [-0.3, -0.25) is 15.0 Å². The zero-order valence-electron chi connectivity index (χ0n) is 47.3. The minimum Gasteiger partial charge on any atom is -0.493 e. The van der Waals surface area contributed by atoms with E-state index >= 15 is 0 Å². The molecule has 3 fully saturated rings. The Balaban J connectivity index is 0.000000138. The van der Waals surface area contributed by atoms with Crippen LogP contribution in [0.15, 0.2) is 155 Å². The van der Waals surface area contributed by atoms with Crippen molar-refractivity contribution in [1.29, 1.82) is 0 Å². The van der Waals surface area contributed by atoms with Gasteiger partial charge in [-0.15, -0.1) is 0 Å². The van der Waals surface area contributed by atoms with Gasteiger partial charge in [-0.25, -0.2) is 0 Å². The molecule has 3 aliphatic carbocycles. The number of allylic oxidation sites excluding steroid dienone is 3. The number of nitrogens with zero attached hydrogens (tertiary/aromatic N) is 3. The van der Waals surface area contributed by atoms with Crippen LogP contribution in [0.5, 0.6) is 17.2 Å². The highest BCUT2D eigenvalue weighted by Crippen LogP contribution is 2.32. The molecule has 0 aromatic heterocycles. The number of halogens is 4. The van der Waals surface area contributed by atoms with Crippen LogP contribution in [-0.2, 0) is 19.3 Å². The van der Waals surface area contributed by atoms with E-state index in [1.54, 1.807) is 6.07 Å². The summed E-state index contributed by atoms with van der Waals surface area (Å²) in [5.41, 5.74) is 13.7. The average Bonchev–Trinajstić information content (AvgIpc) is 3.55. The lowest BCUT2D eigenvalue weighted by molar-refractivity contribution is 0.208. The normalized spacial score (nSPS) is 17.5. The Morgan fingerprint density at radius 1 is 0.366 bits per heavy atom. The van der Waals surface area contributed by atoms with Crippen LogP contribution >= 0.6 is 46.4 Å². The van der Waals surface area contributed by atoms with Gasteiger partial charge in [0.25, 0.3) is 0 Å². The first-order valence-electron chi connectivity index (χ1n) is 30.2. The smallest absolute Gasteiger partial charge is 0.119 e. The van der Waals surface area contributed by atoms with Gasteiger partial charge in [0.15, 0.2) is 0 Å². The monoisotopic (exact) mass is 1170 g/mol. The van der Waals surface area contributed by atoms with E-state index in [0.29, 0.717) is 16.0 Å². The summed E-state index contributed by atoms with van der Waals surface area (Å²) < 4.78 is 18.3. The van der Waals surface area contributed by atoms with Crippen LogP contribution in [0.1, 0.15) is 146 Å². The first-order valence-corrected chi connectivity index (χ1v) is 31.7. The number of benzene rings is 6. The molecule has 0 radical (unpaired) electrons. The average molecular weight is 1170 g/mol. The topological polar surface area (TPSA) is 64.8 Å². The second kappa shape index (κ2) is 30.6. The predicted molar refractivity (Wildman–Crippen MR) is 347 cm³/mol. The van der Waals surface area contributed by atoms with E-state index in [2.05, 4.69) is 72.8 Å². The lowest BCUT2D eigenvalue weighted by Gasteiger charge is -2.22. The Hall–Kier alpha value is -5.89. The van der Waals surface area contributed by atoms with Gasteiger partial charge in [-0.1, -0.05) is 159 Å². The standard InChI is InChI=1S/C24H25Cl2NO.2C24H26ClNO/c25-20-8-6-18(23(26)15-20)7-11-24-22-10-9-21(14-19(22)12-13-27-24)28-16-17-4-2-1-3-5-17;25-23-9-5-4-8-19(23)10-13-24-22-12-11-21(16-20(22)14-15-26-24)27-17-18-6-2-1-3-7-18;25-21-9-6-18(7-10-21)8-13-24-23-12-11-22(16-20(23)14-15-26-24)27-17-19-4-2-1-3-5-19/h6-11,14-15,17H,1-5,12-13,16H2;4-5,8-13,16,18H,1-3,6-7,14-15,17H2;6-13,16,19H,1-5,14-15,17H2. The minimum atomic E-state index is 0.642. The van der Waals surface area contributed by atoms with Gasteiger partial charge in [-0.2, -0.15) is 0 Å². The van der Waals surface area contributed by atoms with Crippen molar-refractivity contribution in [1.82, 2.24) is 0 Å². The molecule has 10 heteroatoms. The molecule has 6 nitrogen and oxygen atoms in total. The molecule has 0 bridgehead atoms. The maximum absolute atomic E-state index is 6.27. The summed E-state index contributed by atoms with van der Waals surface area (Å²) in [4.78, 5) is 14.1. The largest absolute Gasteiger partial charge is 0.493 e. The SMILES string of the molecule is Clc1ccc(C=CC2=NCCc3cc(OCC4CCCCC4)ccc32)c(Cl)c1.Clc1ccc(C=CC2=NCCc3cc(OCC4CCCCC4)ccc32)cc1.Clc1ccccc1C=CC1=NCCc2cc(OCC3CCCCC3)ccc21. The molecule has 0 saturated heterocycles. The number of fused-ring (bicyclic) bond motifs is 3. The molecule has 0 atom stereocenters. The molecule has 0 unspecified atom stereocenters. The van der Waals surface area contributed by atoms with Gasteiger partial charge in [0.1, 0.15) is 17.2 Å². The molecule has 3 saturated carbocycles. The predicted octanol–water partition coefficient (Wildman–Crippen LogP) is 19.7. The summed E-state index contributed by atoms with van der Waals surface area (Å²) in [6, 6.07) is 40.6. The van der Waals surface area contributed by atoms with Crippen LogP contribution in [0, 0.1) is 17.8 Å².